The Balaban J connectivity index is 2.41. The monoisotopic (exact) mass is 337 g/mol. The zero-order chi connectivity index (χ0) is 18.2. The first-order valence-corrected chi connectivity index (χ1v) is 7.68. The number of nitrogens with one attached hydrogen (secondary N) is 2. The summed E-state index contributed by atoms with van der Waals surface area (Å²) in [5.74, 6) is -0.161. The molecule has 0 aromatic heterocycles. The first-order valence-electron chi connectivity index (χ1n) is 7.68. The Kier molecular flexibility index (Phi) is 4.78. The molecule has 1 aromatic rings. The summed E-state index contributed by atoms with van der Waals surface area (Å²) in [5.41, 5.74) is 6.16. The van der Waals surface area contributed by atoms with E-state index in [-0.39, 0.29) is 28.4 Å². The van der Waals surface area contributed by atoms with Crippen molar-refractivity contribution in [1.29, 1.82) is 5.41 Å². The highest BCUT2D eigenvalue weighted by atomic mass is 19.3. The highest BCUT2D eigenvalue weighted by molar-refractivity contribution is 6.04. The molecule has 0 heterocycles. The Morgan fingerprint density at radius 2 is 2.08 bits per heavy atom. The Morgan fingerprint density at radius 3 is 2.62 bits per heavy atom. The lowest BCUT2D eigenvalue weighted by atomic mass is 9.85. The van der Waals surface area contributed by atoms with Crippen LogP contribution < -0.4 is 11.1 Å². The van der Waals surface area contributed by atoms with Crippen LogP contribution in [0.3, 0.4) is 0 Å². The number of allylic oxidation sites excluding steroid dienone is 1. The first kappa shape index (κ1) is 18.1. The lowest BCUT2D eigenvalue weighted by Crippen LogP contribution is -2.19. The van der Waals surface area contributed by atoms with Crippen molar-refractivity contribution in [3.63, 3.8) is 0 Å². The van der Waals surface area contributed by atoms with Gasteiger partial charge in [0.25, 0.3) is 6.43 Å². The van der Waals surface area contributed by atoms with E-state index >= 15 is 0 Å². The lowest BCUT2D eigenvalue weighted by Gasteiger charge is -2.21. The molecule has 1 aliphatic rings. The molecule has 0 aliphatic heterocycles. The summed E-state index contributed by atoms with van der Waals surface area (Å²) < 4.78 is 39.8. The van der Waals surface area contributed by atoms with E-state index in [0.717, 1.165) is 18.2 Å². The van der Waals surface area contributed by atoms with Gasteiger partial charge in [0.15, 0.2) is 0 Å². The molecule has 130 valence electrons. The van der Waals surface area contributed by atoms with Crippen molar-refractivity contribution < 1.29 is 13.2 Å². The molecular formula is C18H22F3N3. The summed E-state index contributed by atoms with van der Waals surface area (Å²) in [6.07, 6.45) is -1.23. The number of hydrogen-bond donors (Lipinski definition) is 3. The molecule has 1 atom stereocenters. The first-order chi connectivity index (χ1) is 11.1. The van der Waals surface area contributed by atoms with Crippen molar-refractivity contribution in [3.05, 3.63) is 53.1 Å². The van der Waals surface area contributed by atoms with Crippen LogP contribution in [0, 0.1) is 11.2 Å². The van der Waals surface area contributed by atoms with Crippen molar-refractivity contribution in [2.75, 3.05) is 5.32 Å². The van der Waals surface area contributed by atoms with Crippen molar-refractivity contribution in [3.8, 4) is 0 Å². The number of halogens is 3. The molecule has 1 unspecified atom stereocenters. The maximum absolute atomic E-state index is 14.3. The zero-order valence-electron chi connectivity index (χ0n) is 14.0. The van der Waals surface area contributed by atoms with E-state index in [0.29, 0.717) is 11.3 Å². The molecule has 0 saturated carbocycles. The largest absolute Gasteiger partial charge is 0.404 e. The van der Waals surface area contributed by atoms with Gasteiger partial charge in [-0.3, -0.25) is 5.41 Å². The van der Waals surface area contributed by atoms with Gasteiger partial charge in [-0.15, -0.1) is 0 Å². The third kappa shape index (κ3) is 3.05. The highest BCUT2D eigenvalue weighted by Gasteiger charge is 2.39. The second-order valence-corrected chi connectivity index (χ2v) is 6.77. The van der Waals surface area contributed by atoms with Gasteiger partial charge in [-0.2, -0.15) is 0 Å². The zero-order valence-corrected chi connectivity index (χ0v) is 14.0. The minimum absolute atomic E-state index is 0.0912. The summed E-state index contributed by atoms with van der Waals surface area (Å²) in [5, 5.41) is 10.4. The quantitative estimate of drug-likeness (QED) is 0.540. The number of nitrogens with two attached hydrogens (primary N) is 1. The van der Waals surface area contributed by atoms with E-state index in [2.05, 4.69) is 11.9 Å². The van der Waals surface area contributed by atoms with E-state index in [1.165, 1.54) is 6.07 Å². The van der Waals surface area contributed by atoms with Crippen LogP contribution in [0.2, 0.25) is 0 Å². The van der Waals surface area contributed by atoms with Gasteiger partial charge in [-0.25, -0.2) is 13.2 Å². The van der Waals surface area contributed by atoms with E-state index in [9.17, 15) is 13.2 Å². The van der Waals surface area contributed by atoms with Gasteiger partial charge in [0.05, 0.1) is 0 Å². The number of fused-ring (bicyclic) bond motifs is 1. The van der Waals surface area contributed by atoms with Gasteiger partial charge in [-0.05, 0) is 41.0 Å². The SMILES string of the molecule is C=C(Nc1ccc(F)c2c1C(C)CC2(C)C)/C(=C/N)C(=N)C(F)F. The molecule has 0 bridgehead atoms. The van der Waals surface area contributed by atoms with Crippen LogP contribution in [0.1, 0.15) is 44.2 Å². The van der Waals surface area contributed by atoms with Crippen LogP contribution in [-0.2, 0) is 5.41 Å². The smallest absolute Gasteiger partial charge is 0.280 e. The molecule has 3 nitrogen and oxygen atoms in total. The molecular weight excluding hydrogens is 315 g/mol. The molecule has 1 aliphatic carbocycles. The van der Waals surface area contributed by atoms with E-state index in [4.69, 9.17) is 11.1 Å². The standard InChI is InChI=1S/C18H22F3N3/c1-9-7-18(3,4)15-12(19)5-6-13(14(9)15)24-10(2)11(8-22)16(23)17(20)21/h5-6,8-9,17,23-24H,2,7,22H2,1,3-4H3/b11-8-,23-16?. The van der Waals surface area contributed by atoms with Gasteiger partial charge < -0.3 is 11.1 Å². The average molecular weight is 337 g/mol. The molecule has 4 N–H and O–H groups in total. The predicted octanol–water partition coefficient (Wildman–Crippen LogP) is 4.66. The molecule has 0 saturated heterocycles. The van der Waals surface area contributed by atoms with E-state index in [1.807, 2.05) is 20.8 Å². The molecule has 0 amide bonds. The second-order valence-electron chi connectivity index (χ2n) is 6.77. The molecule has 0 fully saturated rings. The van der Waals surface area contributed by atoms with Gasteiger partial charge in [0, 0.05) is 23.2 Å². The fourth-order valence-corrected chi connectivity index (χ4v) is 3.57. The van der Waals surface area contributed by atoms with Gasteiger partial charge in [-0.1, -0.05) is 27.4 Å². The number of alkyl halides is 2. The van der Waals surface area contributed by atoms with Crippen molar-refractivity contribution >= 4 is 11.4 Å². The molecule has 0 radical (unpaired) electrons. The average Bonchev–Trinajstić information content (AvgIpc) is 2.73. The maximum atomic E-state index is 14.3. The fourth-order valence-electron chi connectivity index (χ4n) is 3.57. The predicted molar refractivity (Wildman–Crippen MR) is 91.2 cm³/mol. The van der Waals surface area contributed by atoms with Crippen LogP contribution in [-0.4, -0.2) is 12.1 Å². The fraction of sp³-hybridized carbons (Fsp3) is 0.389. The number of anilines is 1. The summed E-state index contributed by atoms with van der Waals surface area (Å²) in [4.78, 5) is 0. The van der Waals surface area contributed by atoms with Crippen molar-refractivity contribution in [2.45, 2.75) is 45.0 Å². The number of rotatable bonds is 5. The second kappa shape index (κ2) is 6.34. The van der Waals surface area contributed by atoms with Gasteiger partial charge in [0.2, 0.25) is 0 Å². The summed E-state index contributed by atoms with van der Waals surface area (Å²) in [7, 11) is 0. The van der Waals surface area contributed by atoms with Crippen LogP contribution in [0.15, 0.2) is 36.2 Å². The van der Waals surface area contributed by atoms with Crippen molar-refractivity contribution in [2.24, 2.45) is 5.73 Å². The van der Waals surface area contributed by atoms with Gasteiger partial charge >= 0.3 is 0 Å². The van der Waals surface area contributed by atoms with E-state index in [1.54, 1.807) is 6.07 Å². The van der Waals surface area contributed by atoms with Crippen molar-refractivity contribution in [1.82, 2.24) is 0 Å². The summed E-state index contributed by atoms with van der Waals surface area (Å²) in [6, 6.07) is 2.93. The van der Waals surface area contributed by atoms with Crippen LogP contribution in [0.25, 0.3) is 0 Å². The molecule has 1 aromatic carbocycles. The minimum atomic E-state index is -2.95. The highest BCUT2D eigenvalue weighted by Crippen LogP contribution is 2.49. The third-order valence-corrected chi connectivity index (χ3v) is 4.47. The Hall–Kier alpha value is -2.24. The Morgan fingerprint density at radius 1 is 1.46 bits per heavy atom. The van der Waals surface area contributed by atoms with Crippen LogP contribution >= 0.6 is 0 Å². The molecule has 6 heteroatoms. The van der Waals surface area contributed by atoms with Crippen LogP contribution in [0.5, 0.6) is 0 Å². The normalized spacial score (nSPS) is 19.3. The Labute approximate surface area is 139 Å². The summed E-state index contributed by atoms with van der Waals surface area (Å²) >= 11 is 0. The van der Waals surface area contributed by atoms with Crippen LogP contribution in [0.4, 0.5) is 18.9 Å². The maximum Gasteiger partial charge on any atom is 0.280 e. The minimum Gasteiger partial charge on any atom is -0.404 e. The number of benzene rings is 1. The van der Waals surface area contributed by atoms with Gasteiger partial charge in [0.1, 0.15) is 11.5 Å². The Bertz CT molecular complexity index is 720. The molecule has 2 rings (SSSR count). The van der Waals surface area contributed by atoms with E-state index < -0.39 is 12.1 Å². The topological polar surface area (TPSA) is 61.9 Å². The molecule has 24 heavy (non-hydrogen) atoms. The lowest BCUT2D eigenvalue weighted by molar-refractivity contribution is 0.225. The number of hydrogen-bond acceptors (Lipinski definition) is 3. The molecule has 0 spiro atoms. The summed E-state index contributed by atoms with van der Waals surface area (Å²) in [6.45, 7) is 9.67. The third-order valence-electron chi connectivity index (χ3n) is 4.47.